The van der Waals surface area contributed by atoms with Gasteiger partial charge in [-0.1, -0.05) is 13.8 Å². The van der Waals surface area contributed by atoms with Gasteiger partial charge < -0.3 is 4.90 Å². The first-order chi connectivity index (χ1) is 6.27. The first-order valence-corrected chi connectivity index (χ1v) is 6.01. The standard InChI is InChI=1S/C12H23N/c1-10-5-6-12(11(2)9-10)13-7-3-4-8-13/h10-12H,3-9H2,1-2H3. The fourth-order valence-electron chi connectivity index (χ4n) is 3.27. The van der Waals surface area contributed by atoms with E-state index in [1.54, 1.807) is 0 Å². The van der Waals surface area contributed by atoms with Crippen LogP contribution >= 0.6 is 0 Å². The van der Waals surface area contributed by atoms with Gasteiger partial charge in [-0.3, -0.25) is 0 Å². The Balaban J connectivity index is 1.91. The van der Waals surface area contributed by atoms with Crippen LogP contribution in [-0.2, 0) is 0 Å². The minimum atomic E-state index is 0.929. The normalized spacial score (nSPS) is 42.5. The Kier molecular flexibility index (Phi) is 2.92. The predicted octanol–water partition coefficient (Wildman–Crippen LogP) is 2.91. The summed E-state index contributed by atoms with van der Waals surface area (Å²) in [5.74, 6) is 1.93. The van der Waals surface area contributed by atoms with E-state index in [0.29, 0.717) is 0 Å². The van der Waals surface area contributed by atoms with Gasteiger partial charge in [0.1, 0.15) is 0 Å². The molecule has 0 aromatic carbocycles. The zero-order chi connectivity index (χ0) is 9.26. The zero-order valence-corrected chi connectivity index (χ0v) is 9.13. The van der Waals surface area contributed by atoms with E-state index in [4.69, 9.17) is 0 Å². The van der Waals surface area contributed by atoms with E-state index < -0.39 is 0 Å². The smallest absolute Gasteiger partial charge is 0.0121 e. The van der Waals surface area contributed by atoms with Gasteiger partial charge in [-0.2, -0.15) is 0 Å². The van der Waals surface area contributed by atoms with E-state index >= 15 is 0 Å². The largest absolute Gasteiger partial charge is 0.300 e. The van der Waals surface area contributed by atoms with E-state index in [0.717, 1.165) is 17.9 Å². The summed E-state index contributed by atoms with van der Waals surface area (Å²) in [5, 5.41) is 0. The SMILES string of the molecule is CC1CCC(N2CCCC2)C(C)C1. The summed E-state index contributed by atoms with van der Waals surface area (Å²) >= 11 is 0. The Morgan fingerprint density at radius 3 is 2.31 bits per heavy atom. The van der Waals surface area contributed by atoms with E-state index in [1.807, 2.05) is 0 Å². The summed E-state index contributed by atoms with van der Waals surface area (Å²) in [6.45, 7) is 7.63. The van der Waals surface area contributed by atoms with Crippen LogP contribution in [0.15, 0.2) is 0 Å². The molecule has 0 aromatic heterocycles. The zero-order valence-electron chi connectivity index (χ0n) is 9.13. The lowest BCUT2D eigenvalue weighted by Gasteiger charge is -2.38. The average Bonchev–Trinajstić information content (AvgIpc) is 2.56. The molecule has 0 bridgehead atoms. The van der Waals surface area contributed by atoms with Gasteiger partial charge in [0.2, 0.25) is 0 Å². The van der Waals surface area contributed by atoms with Crippen LogP contribution in [0.1, 0.15) is 46.0 Å². The highest BCUT2D eigenvalue weighted by molar-refractivity contribution is 4.85. The third-order valence-electron chi connectivity index (χ3n) is 4.00. The summed E-state index contributed by atoms with van der Waals surface area (Å²) < 4.78 is 0. The van der Waals surface area contributed by atoms with Crippen molar-refractivity contribution < 1.29 is 0 Å². The lowest BCUT2D eigenvalue weighted by Crippen LogP contribution is -2.41. The van der Waals surface area contributed by atoms with Gasteiger partial charge in [-0.15, -0.1) is 0 Å². The van der Waals surface area contributed by atoms with Crippen LogP contribution in [0.25, 0.3) is 0 Å². The molecule has 1 heteroatoms. The topological polar surface area (TPSA) is 3.24 Å². The minimum absolute atomic E-state index is 0.929. The maximum Gasteiger partial charge on any atom is 0.0121 e. The monoisotopic (exact) mass is 181 g/mol. The van der Waals surface area contributed by atoms with Gasteiger partial charge >= 0.3 is 0 Å². The summed E-state index contributed by atoms with van der Waals surface area (Å²) in [6, 6.07) is 0.929. The lowest BCUT2D eigenvalue weighted by molar-refractivity contribution is 0.116. The minimum Gasteiger partial charge on any atom is -0.300 e. The second-order valence-corrected chi connectivity index (χ2v) is 5.21. The Morgan fingerprint density at radius 1 is 1.00 bits per heavy atom. The van der Waals surface area contributed by atoms with Gasteiger partial charge in [0.05, 0.1) is 0 Å². The van der Waals surface area contributed by atoms with Crippen molar-refractivity contribution in [2.45, 2.75) is 52.0 Å². The third-order valence-corrected chi connectivity index (χ3v) is 4.00. The van der Waals surface area contributed by atoms with Crippen molar-refractivity contribution in [2.24, 2.45) is 11.8 Å². The number of hydrogen-bond donors (Lipinski definition) is 0. The van der Waals surface area contributed by atoms with Crippen molar-refractivity contribution in [1.29, 1.82) is 0 Å². The highest BCUT2D eigenvalue weighted by Gasteiger charge is 2.30. The molecule has 13 heavy (non-hydrogen) atoms. The number of nitrogens with zero attached hydrogens (tertiary/aromatic N) is 1. The first kappa shape index (κ1) is 9.51. The molecule has 0 spiro atoms. The van der Waals surface area contributed by atoms with E-state index in [-0.39, 0.29) is 0 Å². The second-order valence-electron chi connectivity index (χ2n) is 5.21. The Labute approximate surface area is 82.5 Å². The maximum absolute atomic E-state index is 2.75. The third kappa shape index (κ3) is 2.07. The molecule has 1 aliphatic heterocycles. The van der Waals surface area contributed by atoms with E-state index in [9.17, 15) is 0 Å². The molecule has 0 aromatic rings. The average molecular weight is 181 g/mol. The fourth-order valence-corrected chi connectivity index (χ4v) is 3.27. The molecule has 2 fully saturated rings. The van der Waals surface area contributed by atoms with Crippen LogP contribution in [-0.4, -0.2) is 24.0 Å². The molecule has 0 radical (unpaired) electrons. The molecule has 1 aliphatic carbocycles. The molecule has 0 N–H and O–H groups in total. The fraction of sp³-hybridized carbons (Fsp3) is 1.00. The summed E-state index contributed by atoms with van der Waals surface area (Å²) in [4.78, 5) is 2.75. The van der Waals surface area contributed by atoms with Gasteiger partial charge in [0.25, 0.3) is 0 Å². The molecule has 76 valence electrons. The second kappa shape index (κ2) is 4.00. The van der Waals surface area contributed by atoms with E-state index in [1.165, 1.54) is 45.2 Å². The molecule has 1 heterocycles. The van der Waals surface area contributed by atoms with Crippen LogP contribution in [0, 0.1) is 11.8 Å². The van der Waals surface area contributed by atoms with Crippen molar-refractivity contribution >= 4 is 0 Å². The van der Waals surface area contributed by atoms with Gasteiger partial charge in [-0.05, 0) is 57.0 Å². The molecule has 1 saturated carbocycles. The summed E-state index contributed by atoms with van der Waals surface area (Å²) in [5.41, 5.74) is 0. The highest BCUT2D eigenvalue weighted by Crippen LogP contribution is 2.33. The quantitative estimate of drug-likeness (QED) is 0.601. The van der Waals surface area contributed by atoms with Crippen LogP contribution in [0.4, 0.5) is 0 Å². The molecule has 2 rings (SSSR count). The summed E-state index contributed by atoms with van der Waals surface area (Å²) in [6.07, 6.45) is 7.27. The van der Waals surface area contributed by atoms with Crippen LogP contribution in [0.2, 0.25) is 0 Å². The van der Waals surface area contributed by atoms with Crippen LogP contribution in [0.5, 0.6) is 0 Å². The Bertz CT molecular complexity index is 161. The first-order valence-electron chi connectivity index (χ1n) is 6.01. The number of rotatable bonds is 1. The molecule has 2 aliphatic rings. The van der Waals surface area contributed by atoms with Gasteiger partial charge in [-0.25, -0.2) is 0 Å². The van der Waals surface area contributed by atoms with E-state index in [2.05, 4.69) is 18.7 Å². The van der Waals surface area contributed by atoms with Crippen LogP contribution in [0.3, 0.4) is 0 Å². The molecular weight excluding hydrogens is 158 g/mol. The molecular formula is C12H23N. The Hall–Kier alpha value is -0.0400. The van der Waals surface area contributed by atoms with Gasteiger partial charge in [0.15, 0.2) is 0 Å². The van der Waals surface area contributed by atoms with Crippen molar-refractivity contribution in [3.05, 3.63) is 0 Å². The lowest BCUT2D eigenvalue weighted by atomic mass is 9.79. The van der Waals surface area contributed by atoms with Crippen molar-refractivity contribution in [3.63, 3.8) is 0 Å². The predicted molar refractivity (Wildman–Crippen MR) is 56.8 cm³/mol. The summed E-state index contributed by atoms with van der Waals surface area (Å²) in [7, 11) is 0. The van der Waals surface area contributed by atoms with Crippen molar-refractivity contribution in [2.75, 3.05) is 13.1 Å². The van der Waals surface area contributed by atoms with Crippen molar-refractivity contribution in [3.8, 4) is 0 Å². The molecule has 0 amide bonds. The highest BCUT2D eigenvalue weighted by atomic mass is 15.2. The molecule has 3 unspecified atom stereocenters. The van der Waals surface area contributed by atoms with Gasteiger partial charge in [0, 0.05) is 6.04 Å². The molecule has 3 atom stereocenters. The molecule has 1 nitrogen and oxygen atoms in total. The maximum atomic E-state index is 2.75. The Morgan fingerprint density at radius 2 is 1.69 bits per heavy atom. The van der Waals surface area contributed by atoms with Crippen LogP contribution < -0.4 is 0 Å². The number of likely N-dealkylation sites (tertiary alicyclic amines) is 1. The van der Waals surface area contributed by atoms with Crippen molar-refractivity contribution in [1.82, 2.24) is 4.90 Å². The number of hydrogen-bond acceptors (Lipinski definition) is 1. The molecule has 1 saturated heterocycles.